The molecule has 1 heterocycles. The van der Waals surface area contributed by atoms with Crippen LogP contribution >= 0.6 is 0 Å². The van der Waals surface area contributed by atoms with Crippen LogP contribution in [0.3, 0.4) is 0 Å². The Kier molecular flexibility index (Phi) is 4.95. The molecule has 0 atom stereocenters. The Labute approximate surface area is 104 Å². The molecule has 0 bridgehead atoms. The van der Waals surface area contributed by atoms with E-state index < -0.39 is 0 Å². The number of hydrogen-bond acceptors (Lipinski definition) is 4. The zero-order valence-corrected chi connectivity index (χ0v) is 11.6. The summed E-state index contributed by atoms with van der Waals surface area (Å²) in [5.41, 5.74) is -0.231. The topological polar surface area (TPSA) is 50.4 Å². The Hall–Kier alpha value is -0.610. The summed E-state index contributed by atoms with van der Waals surface area (Å²) in [6.45, 7) is 11.8. The SMILES string of the molecule is CC1(CCC(=O)OC(C)(C)C)CNCCNC1. The molecule has 0 amide bonds. The van der Waals surface area contributed by atoms with Crippen molar-refractivity contribution < 1.29 is 9.53 Å². The van der Waals surface area contributed by atoms with Crippen molar-refractivity contribution in [2.75, 3.05) is 26.2 Å². The first-order chi connectivity index (χ1) is 7.81. The molecule has 100 valence electrons. The second-order valence-corrected chi connectivity index (χ2v) is 6.25. The quantitative estimate of drug-likeness (QED) is 0.733. The van der Waals surface area contributed by atoms with Gasteiger partial charge in [-0.2, -0.15) is 0 Å². The number of ether oxygens (including phenoxy) is 1. The summed E-state index contributed by atoms with van der Waals surface area (Å²) in [5.74, 6) is -0.0945. The molecule has 1 aliphatic rings. The van der Waals surface area contributed by atoms with Gasteiger partial charge in [-0.15, -0.1) is 0 Å². The molecular formula is C13H26N2O2. The van der Waals surface area contributed by atoms with E-state index >= 15 is 0 Å². The van der Waals surface area contributed by atoms with Crippen molar-refractivity contribution in [2.45, 2.75) is 46.1 Å². The molecule has 2 N–H and O–H groups in total. The summed E-state index contributed by atoms with van der Waals surface area (Å²) in [5, 5.41) is 6.79. The minimum atomic E-state index is -0.377. The van der Waals surface area contributed by atoms with Gasteiger partial charge in [-0.05, 0) is 32.6 Å². The van der Waals surface area contributed by atoms with Gasteiger partial charge in [0.1, 0.15) is 5.60 Å². The van der Waals surface area contributed by atoms with Gasteiger partial charge in [0.2, 0.25) is 0 Å². The van der Waals surface area contributed by atoms with Crippen molar-refractivity contribution in [3.63, 3.8) is 0 Å². The van der Waals surface area contributed by atoms with Gasteiger partial charge in [0.25, 0.3) is 0 Å². The van der Waals surface area contributed by atoms with Crippen molar-refractivity contribution in [1.29, 1.82) is 0 Å². The third-order valence-electron chi connectivity index (χ3n) is 2.93. The number of esters is 1. The van der Waals surface area contributed by atoms with Gasteiger partial charge < -0.3 is 15.4 Å². The van der Waals surface area contributed by atoms with E-state index in [-0.39, 0.29) is 17.0 Å². The van der Waals surface area contributed by atoms with Crippen LogP contribution in [0.2, 0.25) is 0 Å². The standard InChI is InChI=1S/C13H26N2O2/c1-12(2,3)17-11(16)5-6-13(4)9-14-7-8-15-10-13/h14-15H,5-10H2,1-4H3. The molecule has 0 spiro atoms. The zero-order chi connectivity index (χ0) is 12.9. The highest BCUT2D eigenvalue weighted by molar-refractivity contribution is 5.69. The largest absolute Gasteiger partial charge is 0.460 e. The first kappa shape index (κ1) is 14.5. The number of rotatable bonds is 3. The van der Waals surface area contributed by atoms with Crippen LogP contribution in [0.25, 0.3) is 0 Å². The van der Waals surface area contributed by atoms with E-state index in [0.29, 0.717) is 6.42 Å². The fourth-order valence-electron chi connectivity index (χ4n) is 1.99. The molecule has 1 rings (SSSR count). The number of carbonyl (C=O) groups is 1. The lowest BCUT2D eigenvalue weighted by molar-refractivity contribution is -0.155. The van der Waals surface area contributed by atoms with Crippen molar-refractivity contribution in [3.05, 3.63) is 0 Å². The molecule has 17 heavy (non-hydrogen) atoms. The molecule has 4 heteroatoms. The summed E-state index contributed by atoms with van der Waals surface area (Å²) in [7, 11) is 0. The molecule has 4 nitrogen and oxygen atoms in total. The second kappa shape index (κ2) is 5.83. The van der Waals surface area contributed by atoms with Crippen molar-refractivity contribution >= 4 is 5.97 Å². The van der Waals surface area contributed by atoms with E-state index in [1.807, 2.05) is 20.8 Å². The fraction of sp³-hybridized carbons (Fsp3) is 0.923. The van der Waals surface area contributed by atoms with Crippen LogP contribution in [-0.4, -0.2) is 37.7 Å². The van der Waals surface area contributed by atoms with E-state index in [9.17, 15) is 4.79 Å². The number of carbonyl (C=O) groups excluding carboxylic acids is 1. The summed E-state index contributed by atoms with van der Waals surface area (Å²) >= 11 is 0. The van der Waals surface area contributed by atoms with Crippen molar-refractivity contribution in [1.82, 2.24) is 10.6 Å². The minimum absolute atomic E-state index is 0.0945. The number of nitrogens with one attached hydrogen (secondary N) is 2. The Morgan fingerprint density at radius 3 is 2.24 bits per heavy atom. The molecule has 0 radical (unpaired) electrons. The Bertz CT molecular complexity index is 251. The highest BCUT2D eigenvalue weighted by atomic mass is 16.6. The minimum Gasteiger partial charge on any atom is -0.460 e. The third-order valence-corrected chi connectivity index (χ3v) is 2.93. The monoisotopic (exact) mass is 242 g/mol. The van der Waals surface area contributed by atoms with E-state index in [4.69, 9.17) is 4.74 Å². The summed E-state index contributed by atoms with van der Waals surface area (Å²) < 4.78 is 5.33. The van der Waals surface area contributed by atoms with Gasteiger partial charge in [0, 0.05) is 32.6 Å². The molecule has 0 saturated carbocycles. The smallest absolute Gasteiger partial charge is 0.306 e. The lowest BCUT2D eigenvalue weighted by Crippen LogP contribution is -2.36. The predicted molar refractivity (Wildman–Crippen MR) is 68.9 cm³/mol. The zero-order valence-electron chi connectivity index (χ0n) is 11.6. The van der Waals surface area contributed by atoms with Crippen LogP contribution < -0.4 is 10.6 Å². The first-order valence-corrected chi connectivity index (χ1v) is 6.44. The Morgan fingerprint density at radius 1 is 1.24 bits per heavy atom. The average molecular weight is 242 g/mol. The van der Waals surface area contributed by atoms with E-state index in [1.54, 1.807) is 0 Å². The molecule has 0 aliphatic carbocycles. The molecule has 1 fully saturated rings. The third kappa shape index (κ3) is 6.03. The normalized spacial score (nSPS) is 20.7. The maximum absolute atomic E-state index is 11.7. The molecule has 1 saturated heterocycles. The molecule has 0 aromatic carbocycles. The van der Waals surface area contributed by atoms with Gasteiger partial charge in [-0.25, -0.2) is 0 Å². The fourth-order valence-corrected chi connectivity index (χ4v) is 1.99. The lowest BCUT2D eigenvalue weighted by atomic mass is 9.85. The van der Waals surface area contributed by atoms with Gasteiger partial charge >= 0.3 is 5.97 Å². The predicted octanol–water partition coefficient (Wildman–Crippen LogP) is 1.31. The van der Waals surface area contributed by atoms with Crippen LogP contribution in [0.15, 0.2) is 0 Å². The Morgan fingerprint density at radius 2 is 1.76 bits per heavy atom. The highest BCUT2D eigenvalue weighted by Crippen LogP contribution is 2.23. The average Bonchev–Trinajstić information content (AvgIpc) is 2.38. The molecular weight excluding hydrogens is 216 g/mol. The van der Waals surface area contributed by atoms with Crippen LogP contribution in [-0.2, 0) is 9.53 Å². The van der Waals surface area contributed by atoms with Crippen molar-refractivity contribution in [2.24, 2.45) is 5.41 Å². The van der Waals surface area contributed by atoms with Gasteiger partial charge in [-0.1, -0.05) is 6.92 Å². The first-order valence-electron chi connectivity index (χ1n) is 6.44. The summed E-state index contributed by atoms with van der Waals surface area (Å²) in [6, 6.07) is 0. The van der Waals surface area contributed by atoms with E-state index in [0.717, 1.165) is 32.6 Å². The number of hydrogen-bond donors (Lipinski definition) is 2. The van der Waals surface area contributed by atoms with Gasteiger partial charge in [-0.3, -0.25) is 4.79 Å². The van der Waals surface area contributed by atoms with E-state index in [2.05, 4.69) is 17.6 Å². The summed E-state index contributed by atoms with van der Waals surface area (Å²) in [4.78, 5) is 11.7. The van der Waals surface area contributed by atoms with Crippen LogP contribution in [0, 0.1) is 5.41 Å². The molecule has 0 aromatic heterocycles. The maximum Gasteiger partial charge on any atom is 0.306 e. The van der Waals surface area contributed by atoms with Gasteiger partial charge in [0.15, 0.2) is 0 Å². The maximum atomic E-state index is 11.7. The van der Waals surface area contributed by atoms with Crippen LogP contribution in [0.5, 0.6) is 0 Å². The molecule has 1 aliphatic heterocycles. The molecule has 0 unspecified atom stereocenters. The van der Waals surface area contributed by atoms with Gasteiger partial charge in [0.05, 0.1) is 0 Å². The molecule has 0 aromatic rings. The van der Waals surface area contributed by atoms with Crippen molar-refractivity contribution in [3.8, 4) is 0 Å². The van der Waals surface area contributed by atoms with Crippen LogP contribution in [0.1, 0.15) is 40.5 Å². The van der Waals surface area contributed by atoms with E-state index in [1.165, 1.54) is 0 Å². The Balaban J connectivity index is 2.35. The van der Waals surface area contributed by atoms with Crippen LogP contribution in [0.4, 0.5) is 0 Å². The highest BCUT2D eigenvalue weighted by Gasteiger charge is 2.27. The second-order valence-electron chi connectivity index (χ2n) is 6.25. The summed E-state index contributed by atoms with van der Waals surface area (Å²) in [6.07, 6.45) is 1.36. The lowest BCUT2D eigenvalue weighted by Gasteiger charge is -2.28.